The molecule has 0 atom stereocenters. The average molecular weight is 441 g/mol. The highest BCUT2D eigenvalue weighted by Crippen LogP contribution is 2.37. The molecule has 0 spiro atoms. The molecule has 0 saturated heterocycles. The fraction of sp³-hybridized carbons (Fsp3) is 0.517. The highest BCUT2D eigenvalue weighted by Gasteiger charge is 2.21. The lowest BCUT2D eigenvalue weighted by Gasteiger charge is -2.27. The van der Waals surface area contributed by atoms with Crippen LogP contribution in [0.15, 0.2) is 49.1 Å². The van der Waals surface area contributed by atoms with Crippen molar-refractivity contribution in [1.29, 1.82) is 0 Å². The number of hydrogen-bond acceptors (Lipinski definition) is 1. The van der Waals surface area contributed by atoms with Gasteiger partial charge in [0, 0.05) is 5.56 Å². The van der Waals surface area contributed by atoms with E-state index in [-0.39, 0.29) is 11.3 Å². The first-order chi connectivity index (χ1) is 15.6. The number of halogens is 2. The lowest BCUT2D eigenvalue weighted by molar-refractivity contribution is 0.285. The minimum Gasteiger partial charge on any atom is -0.490 e. The first-order valence-electron chi connectivity index (χ1n) is 12.5. The second kappa shape index (κ2) is 12.8. The molecule has 0 unspecified atom stereocenters. The van der Waals surface area contributed by atoms with Crippen molar-refractivity contribution < 1.29 is 13.5 Å². The number of hydrogen-bond donors (Lipinski definition) is 0. The van der Waals surface area contributed by atoms with Gasteiger partial charge in [0.05, 0.1) is 6.61 Å². The van der Waals surface area contributed by atoms with E-state index in [0.29, 0.717) is 24.0 Å². The molecule has 3 heteroatoms. The van der Waals surface area contributed by atoms with Crippen LogP contribution in [-0.4, -0.2) is 6.61 Å². The van der Waals surface area contributed by atoms with Crippen LogP contribution < -0.4 is 4.74 Å². The number of ether oxygens (including phenoxy) is 1. The van der Waals surface area contributed by atoms with E-state index in [4.69, 9.17) is 4.74 Å². The first kappa shape index (κ1) is 24.5. The normalized spacial score (nSPS) is 18.5. The predicted molar refractivity (Wildman–Crippen MR) is 130 cm³/mol. The van der Waals surface area contributed by atoms with Gasteiger partial charge in [-0.05, 0) is 67.2 Å². The Kier molecular flexibility index (Phi) is 9.77. The van der Waals surface area contributed by atoms with Gasteiger partial charge >= 0.3 is 0 Å². The molecular weight excluding hydrogens is 402 g/mol. The van der Waals surface area contributed by atoms with Gasteiger partial charge in [-0.3, -0.25) is 0 Å². The Morgan fingerprint density at radius 3 is 2.16 bits per heavy atom. The van der Waals surface area contributed by atoms with Gasteiger partial charge < -0.3 is 4.74 Å². The van der Waals surface area contributed by atoms with Crippen molar-refractivity contribution in [3.63, 3.8) is 0 Å². The van der Waals surface area contributed by atoms with Gasteiger partial charge in [-0.2, -0.15) is 4.39 Å². The van der Waals surface area contributed by atoms with Crippen molar-refractivity contribution in [2.45, 2.75) is 83.5 Å². The lowest BCUT2D eigenvalue weighted by Crippen LogP contribution is -2.11. The van der Waals surface area contributed by atoms with E-state index in [1.54, 1.807) is 12.1 Å². The van der Waals surface area contributed by atoms with Crippen LogP contribution in [0.3, 0.4) is 0 Å². The van der Waals surface area contributed by atoms with Crippen molar-refractivity contribution in [3.05, 3.63) is 66.3 Å². The SMILES string of the molecule is C=CC1CCC(c2ccc(-c3ccc(OCCCCCCCCC)c(F)c3F)cc2)CC1. The summed E-state index contributed by atoms with van der Waals surface area (Å²) < 4.78 is 34.9. The summed E-state index contributed by atoms with van der Waals surface area (Å²) in [4.78, 5) is 0. The zero-order valence-electron chi connectivity index (χ0n) is 19.6. The van der Waals surface area contributed by atoms with Crippen molar-refractivity contribution in [1.82, 2.24) is 0 Å². The molecule has 0 bridgehead atoms. The van der Waals surface area contributed by atoms with Crippen LogP contribution in [0, 0.1) is 17.6 Å². The second-order valence-corrected chi connectivity index (χ2v) is 9.18. The molecule has 0 N–H and O–H groups in total. The minimum absolute atomic E-state index is 0.00725. The summed E-state index contributed by atoms with van der Waals surface area (Å²) in [5.74, 6) is -0.537. The molecule has 1 saturated carbocycles. The van der Waals surface area contributed by atoms with Crippen LogP contribution in [0.25, 0.3) is 11.1 Å². The van der Waals surface area contributed by atoms with E-state index in [0.717, 1.165) is 25.7 Å². The fourth-order valence-corrected chi connectivity index (χ4v) is 4.73. The highest BCUT2D eigenvalue weighted by molar-refractivity contribution is 5.65. The molecule has 0 radical (unpaired) electrons. The zero-order chi connectivity index (χ0) is 22.8. The number of rotatable bonds is 12. The molecule has 0 amide bonds. The quantitative estimate of drug-likeness (QED) is 0.236. The van der Waals surface area contributed by atoms with Crippen LogP contribution >= 0.6 is 0 Å². The van der Waals surface area contributed by atoms with E-state index in [2.05, 4.69) is 31.7 Å². The summed E-state index contributed by atoms with van der Waals surface area (Å²) in [7, 11) is 0. The molecule has 2 aromatic carbocycles. The largest absolute Gasteiger partial charge is 0.490 e. The maximum absolute atomic E-state index is 14.8. The third-order valence-corrected chi connectivity index (χ3v) is 6.85. The second-order valence-electron chi connectivity index (χ2n) is 9.18. The smallest absolute Gasteiger partial charge is 0.201 e. The summed E-state index contributed by atoms with van der Waals surface area (Å²) >= 11 is 0. The van der Waals surface area contributed by atoms with Crippen LogP contribution in [-0.2, 0) is 0 Å². The minimum atomic E-state index is -0.891. The van der Waals surface area contributed by atoms with Crippen LogP contribution in [0.1, 0.15) is 89.0 Å². The molecule has 174 valence electrons. The Balaban J connectivity index is 1.53. The van der Waals surface area contributed by atoms with E-state index in [9.17, 15) is 8.78 Å². The maximum atomic E-state index is 14.8. The molecule has 0 heterocycles. The molecule has 32 heavy (non-hydrogen) atoms. The Bertz CT molecular complexity index is 835. The standard InChI is InChI=1S/C29H38F2O/c1-3-5-6-7-8-9-10-21-32-27-20-19-26(28(30)29(27)31)25-17-15-24(16-18-25)23-13-11-22(4-2)12-14-23/h4,15-20,22-23H,2-3,5-14,21H2,1H3. The van der Waals surface area contributed by atoms with Gasteiger partial charge in [-0.25, -0.2) is 4.39 Å². The van der Waals surface area contributed by atoms with Gasteiger partial charge in [-0.1, -0.05) is 75.8 Å². The summed E-state index contributed by atoms with van der Waals surface area (Å²) in [5, 5.41) is 0. The predicted octanol–water partition coefficient (Wildman–Crippen LogP) is 9.22. The molecule has 0 aromatic heterocycles. The maximum Gasteiger partial charge on any atom is 0.201 e. The first-order valence-corrected chi connectivity index (χ1v) is 12.5. The molecule has 1 fully saturated rings. The lowest BCUT2D eigenvalue weighted by atomic mass is 9.78. The topological polar surface area (TPSA) is 9.23 Å². The van der Waals surface area contributed by atoms with Gasteiger partial charge in [0.25, 0.3) is 0 Å². The Hall–Kier alpha value is -2.16. The van der Waals surface area contributed by atoms with E-state index in [1.807, 2.05) is 12.1 Å². The average Bonchev–Trinajstić information content (AvgIpc) is 2.83. The van der Waals surface area contributed by atoms with Crippen LogP contribution in [0.4, 0.5) is 8.78 Å². The monoisotopic (exact) mass is 440 g/mol. The van der Waals surface area contributed by atoms with Crippen molar-refractivity contribution in [3.8, 4) is 16.9 Å². The van der Waals surface area contributed by atoms with E-state index >= 15 is 0 Å². The molecule has 0 aliphatic heterocycles. The highest BCUT2D eigenvalue weighted by atomic mass is 19.2. The third kappa shape index (κ3) is 6.67. The van der Waals surface area contributed by atoms with Crippen LogP contribution in [0.2, 0.25) is 0 Å². The molecule has 1 aliphatic rings. The number of benzene rings is 2. The van der Waals surface area contributed by atoms with Crippen molar-refractivity contribution in [2.75, 3.05) is 6.61 Å². The number of allylic oxidation sites excluding steroid dienone is 1. The Morgan fingerprint density at radius 2 is 1.50 bits per heavy atom. The van der Waals surface area contributed by atoms with Crippen molar-refractivity contribution in [2.24, 2.45) is 5.92 Å². The molecule has 3 rings (SSSR count). The number of unbranched alkanes of at least 4 members (excludes halogenated alkanes) is 6. The van der Waals surface area contributed by atoms with Crippen molar-refractivity contribution >= 4 is 0 Å². The van der Waals surface area contributed by atoms with Gasteiger partial charge in [0.2, 0.25) is 5.82 Å². The molecular formula is C29H38F2O. The summed E-state index contributed by atoms with van der Waals surface area (Å²) in [6.45, 7) is 6.54. The molecule has 1 aliphatic carbocycles. The Morgan fingerprint density at radius 1 is 0.844 bits per heavy atom. The van der Waals surface area contributed by atoms with Gasteiger partial charge in [-0.15, -0.1) is 6.58 Å². The zero-order valence-corrected chi connectivity index (χ0v) is 19.6. The Labute approximate surface area is 192 Å². The summed E-state index contributed by atoms with van der Waals surface area (Å²) in [6, 6.07) is 11.1. The van der Waals surface area contributed by atoms with E-state index < -0.39 is 11.6 Å². The fourth-order valence-electron chi connectivity index (χ4n) is 4.73. The van der Waals surface area contributed by atoms with E-state index in [1.165, 1.54) is 50.5 Å². The molecule has 2 aromatic rings. The van der Waals surface area contributed by atoms with Crippen LogP contribution in [0.5, 0.6) is 5.75 Å². The third-order valence-electron chi connectivity index (χ3n) is 6.85. The van der Waals surface area contributed by atoms with Gasteiger partial charge in [0.15, 0.2) is 11.6 Å². The van der Waals surface area contributed by atoms with Gasteiger partial charge in [0.1, 0.15) is 0 Å². The summed E-state index contributed by atoms with van der Waals surface area (Å²) in [6.07, 6.45) is 14.9. The molecule has 1 nitrogen and oxygen atoms in total. The summed E-state index contributed by atoms with van der Waals surface area (Å²) in [5.41, 5.74) is 2.27.